The number of carboxylic acids is 1. The van der Waals surface area contributed by atoms with Crippen molar-refractivity contribution >= 4 is 23.2 Å². The second-order valence-corrected chi connectivity index (χ2v) is 6.48. The Hall–Kier alpha value is -1.40. The number of rotatable bonds is 5. The van der Waals surface area contributed by atoms with E-state index >= 15 is 0 Å². The Morgan fingerprint density at radius 2 is 1.95 bits per heavy atom. The Kier molecular flexibility index (Phi) is 5.36. The summed E-state index contributed by atoms with van der Waals surface area (Å²) in [5.41, 5.74) is 1.20. The summed E-state index contributed by atoms with van der Waals surface area (Å²) in [7, 11) is 0. The van der Waals surface area contributed by atoms with Gasteiger partial charge in [-0.15, -0.1) is 11.3 Å². The van der Waals surface area contributed by atoms with Crippen molar-refractivity contribution in [1.82, 2.24) is 9.80 Å². The second kappa shape index (κ2) is 7.04. The van der Waals surface area contributed by atoms with Crippen LogP contribution >= 0.6 is 11.3 Å². The van der Waals surface area contributed by atoms with Gasteiger partial charge in [0.1, 0.15) is 0 Å². The number of carbonyl (C=O) groups excluding carboxylic acids is 1. The number of carbonyl (C=O) groups is 2. The SMILES string of the molecule is CCc1sc(C(=O)N2CCN(CCC(=O)O)CC2)cc1C. The first-order valence-corrected chi connectivity index (χ1v) is 8.15. The Balaban J connectivity index is 1.89. The van der Waals surface area contributed by atoms with E-state index in [4.69, 9.17) is 5.11 Å². The van der Waals surface area contributed by atoms with Crippen LogP contribution in [0.1, 0.15) is 33.5 Å². The maximum atomic E-state index is 12.5. The average molecular weight is 310 g/mol. The fourth-order valence-electron chi connectivity index (χ4n) is 2.56. The van der Waals surface area contributed by atoms with Gasteiger partial charge < -0.3 is 10.0 Å². The number of hydrogen-bond donors (Lipinski definition) is 1. The van der Waals surface area contributed by atoms with Crippen molar-refractivity contribution in [3.05, 3.63) is 21.4 Å². The molecular formula is C15H22N2O3S. The maximum Gasteiger partial charge on any atom is 0.304 e. The highest BCUT2D eigenvalue weighted by Gasteiger charge is 2.23. The molecule has 0 atom stereocenters. The molecule has 0 bridgehead atoms. The number of aliphatic carboxylic acids is 1. The summed E-state index contributed by atoms with van der Waals surface area (Å²) in [6.07, 6.45) is 1.13. The van der Waals surface area contributed by atoms with E-state index in [1.54, 1.807) is 11.3 Å². The monoisotopic (exact) mass is 310 g/mol. The predicted molar refractivity (Wildman–Crippen MR) is 83.0 cm³/mol. The standard InChI is InChI=1S/C15H22N2O3S/c1-3-12-11(2)10-13(21-12)15(20)17-8-6-16(7-9-17)5-4-14(18)19/h10H,3-9H2,1-2H3,(H,18,19). The third-order valence-corrected chi connectivity index (χ3v) is 5.22. The van der Waals surface area contributed by atoms with Crippen LogP contribution in [0.15, 0.2) is 6.07 Å². The van der Waals surface area contributed by atoms with Crippen molar-refractivity contribution in [1.29, 1.82) is 0 Å². The van der Waals surface area contributed by atoms with Crippen molar-refractivity contribution in [2.24, 2.45) is 0 Å². The normalized spacial score (nSPS) is 16.2. The molecule has 21 heavy (non-hydrogen) atoms. The molecule has 1 N–H and O–H groups in total. The Morgan fingerprint density at radius 1 is 1.29 bits per heavy atom. The van der Waals surface area contributed by atoms with Gasteiger partial charge in [-0.2, -0.15) is 0 Å². The zero-order valence-electron chi connectivity index (χ0n) is 12.6. The van der Waals surface area contributed by atoms with Gasteiger partial charge in [-0.3, -0.25) is 14.5 Å². The van der Waals surface area contributed by atoms with Crippen molar-refractivity contribution < 1.29 is 14.7 Å². The molecule has 0 aliphatic carbocycles. The Morgan fingerprint density at radius 3 is 2.48 bits per heavy atom. The summed E-state index contributed by atoms with van der Waals surface area (Å²) in [4.78, 5) is 29.1. The molecular weight excluding hydrogens is 288 g/mol. The first-order chi connectivity index (χ1) is 10.0. The van der Waals surface area contributed by atoms with Crippen LogP contribution in [0.2, 0.25) is 0 Å². The minimum absolute atomic E-state index is 0.112. The van der Waals surface area contributed by atoms with E-state index in [9.17, 15) is 9.59 Å². The van der Waals surface area contributed by atoms with Gasteiger partial charge in [0.15, 0.2) is 0 Å². The van der Waals surface area contributed by atoms with Crippen LogP contribution in [0.4, 0.5) is 0 Å². The van der Waals surface area contributed by atoms with Gasteiger partial charge in [0.2, 0.25) is 0 Å². The quantitative estimate of drug-likeness (QED) is 0.901. The fourth-order valence-corrected chi connectivity index (χ4v) is 3.64. The fraction of sp³-hybridized carbons (Fsp3) is 0.600. The molecule has 1 saturated heterocycles. The molecule has 1 aromatic heterocycles. The first kappa shape index (κ1) is 16.0. The summed E-state index contributed by atoms with van der Waals surface area (Å²) in [6, 6.07) is 1.99. The van der Waals surface area contributed by atoms with E-state index in [0.29, 0.717) is 19.6 Å². The molecule has 2 heterocycles. The number of thiophene rings is 1. The second-order valence-electron chi connectivity index (χ2n) is 5.35. The molecule has 6 heteroatoms. The zero-order valence-corrected chi connectivity index (χ0v) is 13.4. The summed E-state index contributed by atoms with van der Waals surface area (Å²) in [5.74, 6) is -0.657. The topological polar surface area (TPSA) is 60.9 Å². The molecule has 0 aromatic carbocycles. The molecule has 5 nitrogen and oxygen atoms in total. The first-order valence-electron chi connectivity index (χ1n) is 7.34. The van der Waals surface area contributed by atoms with Gasteiger partial charge >= 0.3 is 5.97 Å². The van der Waals surface area contributed by atoms with E-state index in [1.165, 1.54) is 10.4 Å². The molecule has 0 radical (unpaired) electrons. The van der Waals surface area contributed by atoms with E-state index < -0.39 is 5.97 Å². The van der Waals surface area contributed by atoms with Crippen LogP contribution in [0.3, 0.4) is 0 Å². The predicted octanol–water partition coefficient (Wildman–Crippen LogP) is 1.85. The van der Waals surface area contributed by atoms with Crippen LogP contribution in [0, 0.1) is 6.92 Å². The lowest BCUT2D eigenvalue weighted by atomic mass is 10.2. The highest BCUT2D eigenvalue weighted by atomic mass is 32.1. The van der Waals surface area contributed by atoms with E-state index in [1.807, 2.05) is 11.0 Å². The Bertz CT molecular complexity index is 519. The average Bonchev–Trinajstić information content (AvgIpc) is 2.86. The minimum atomic E-state index is -0.769. The highest BCUT2D eigenvalue weighted by Crippen LogP contribution is 2.24. The number of hydrogen-bond acceptors (Lipinski definition) is 4. The van der Waals surface area contributed by atoms with E-state index in [0.717, 1.165) is 24.4 Å². The van der Waals surface area contributed by atoms with Crippen LogP contribution in [-0.2, 0) is 11.2 Å². The molecule has 1 aliphatic rings. The van der Waals surface area contributed by atoms with Gasteiger partial charge in [-0.25, -0.2) is 0 Å². The van der Waals surface area contributed by atoms with E-state index in [-0.39, 0.29) is 12.3 Å². The third-order valence-electron chi connectivity index (χ3n) is 3.85. The summed E-state index contributed by atoms with van der Waals surface area (Å²) in [5, 5.41) is 8.69. The van der Waals surface area contributed by atoms with Crippen LogP contribution in [0.5, 0.6) is 0 Å². The van der Waals surface area contributed by atoms with Gasteiger partial charge in [-0.05, 0) is 25.0 Å². The van der Waals surface area contributed by atoms with Crippen molar-refractivity contribution in [3.8, 4) is 0 Å². The number of aryl methyl sites for hydroxylation is 2. The third kappa shape index (κ3) is 4.04. The minimum Gasteiger partial charge on any atom is -0.481 e. The van der Waals surface area contributed by atoms with Crippen LogP contribution < -0.4 is 0 Å². The summed E-state index contributed by atoms with van der Waals surface area (Å²) < 4.78 is 0. The molecule has 0 unspecified atom stereocenters. The van der Waals surface area contributed by atoms with Gasteiger partial charge in [0, 0.05) is 37.6 Å². The number of piperazine rings is 1. The summed E-state index contributed by atoms with van der Waals surface area (Å²) >= 11 is 1.59. The smallest absolute Gasteiger partial charge is 0.304 e. The maximum absolute atomic E-state index is 12.5. The van der Waals surface area contributed by atoms with Crippen molar-refractivity contribution in [3.63, 3.8) is 0 Å². The lowest BCUT2D eigenvalue weighted by Gasteiger charge is -2.34. The molecule has 2 rings (SSSR count). The zero-order chi connectivity index (χ0) is 15.4. The molecule has 1 amide bonds. The molecule has 0 saturated carbocycles. The molecule has 0 spiro atoms. The largest absolute Gasteiger partial charge is 0.481 e. The Labute approximate surface area is 129 Å². The molecule has 1 fully saturated rings. The lowest BCUT2D eigenvalue weighted by Crippen LogP contribution is -2.48. The van der Waals surface area contributed by atoms with Gasteiger partial charge in [0.25, 0.3) is 5.91 Å². The summed E-state index contributed by atoms with van der Waals surface area (Å²) in [6.45, 7) is 7.58. The molecule has 1 aromatic rings. The van der Waals surface area contributed by atoms with Gasteiger partial charge in [-0.1, -0.05) is 6.92 Å². The lowest BCUT2D eigenvalue weighted by molar-refractivity contribution is -0.137. The van der Waals surface area contributed by atoms with Gasteiger partial charge in [0.05, 0.1) is 11.3 Å². The van der Waals surface area contributed by atoms with E-state index in [2.05, 4.69) is 18.7 Å². The van der Waals surface area contributed by atoms with Crippen molar-refractivity contribution in [2.75, 3.05) is 32.7 Å². The highest BCUT2D eigenvalue weighted by molar-refractivity contribution is 7.14. The number of amides is 1. The molecule has 116 valence electrons. The van der Waals surface area contributed by atoms with Crippen LogP contribution in [0.25, 0.3) is 0 Å². The van der Waals surface area contributed by atoms with Crippen LogP contribution in [-0.4, -0.2) is 59.5 Å². The van der Waals surface area contributed by atoms with Crippen molar-refractivity contribution in [2.45, 2.75) is 26.7 Å². The number of carboxylic acid groups (broad SMARTS) is 1. The molecule has 1 aliphatic heterocycles. The number of nitrogens with zero attached hydrogens (tertiary/aromatic N) is 2.